The summed E-state index contributed by atoms with van der Waals surface area (Å²) in [6.45, 7) is 6.13. The monoisotopic (exact) mass is 522 g/mol. The fraction of sp³-hybridized carbons (Fsp3) is 0.458. The highest BCUT2D eigenvalue weighted by Gasteiger charge is 2.60. The number of hydrogen-bond acceptors (Lipinski definition) is 3. The van der Waals surface area contributed by atoms with E-state index in [1.807, 2.05) is 56.0 Å². The Kier molecular flexibility index (Phi) is 7.96. The Bertz CT molecular complexity index is 999. The Hall–Kier alpha value is -2.46. The number of benzene rings is 2. The van der Waals surface area contributed by atoms with Crippen molar-refractivity contribution in [2.75, 3.05) is 26.2 Å². The van der Waals surface area contributed by atoms with Crippen molar-refractivity contribution in [1.82, 2.24) is 9.80 Å². The molecule has 0 N–H and O–H groups in total. The summed E-state index contributed by atoms with van der Waals surface area (Å²) in [7, 11) is 0. The second-order valence-electron chi connectivity index (χ2n) is 8.63. The van der Waals surface area contributed by atoms with Crippen molar-refractivity contribution in [2.45, 2.75) is 45.3 Å². The van der Waals surface area contributed by atoms with Gasteiger partial charge in [-0.3, -0.25) is 4.90 Å². The molecule has 1 aliphatic heterocycles. The minimum absolute atomic E-state index is 0.0880. The highest BCUT2D eigenvalue weighted by Crippen LogP contribution is 2.37. The van der Waals surface area contributed by atoms with E-state index in [0.717, 1.165) is 32.7 Å². The molecule has 0 bridgehead atoms. The molecule has 1 heterocycles. The van der Waals surface area contributed by atoms with Gasteiger partial charge in [0.2, 0.25) is 0 Å². The summed E-state index contributed by atoms with van der Waals surface area (Å²) >= 11 is 6.13. The van der Waals surface area contributed by atoms with Crippen molar-refractivity contribution in [3.8, 4) is 0 Å². The molecular formula is C24H25ClF6N2O2. The van der Waals surface area contributed by atoms with Crippen molar-refractivity contribution in [3.63, 3.8) is 0 Å². The standard InChI is InChI=1S/C24H25ClF6N2O2/c1-14-4-6-18(15(2)12-14)20(19-7-5-17(25)13-16(19)3)32-8-10-33(11-9-32)22(34)35-21(23(26,27)28)24(29,30)31/h4-7,12-13,20-21H,8-11H2,1-3H3. The summed E-state index contributed by atoms with van der Waals surface area (Å²) in [5.41, 5.74) is 5.01. The van der Waals surface area contributed by atoms with E-state index < -0.39 is 24.5 Å². The number of carbonyl (C=O) groups excluding carboxylic acids is 1. The van der Waals surface area contributed by atoms with E-state index in [1.54, 1.807) is 6.07 Å². The number of ether oxygens (including phenoxy) is 1. The van der Waals surface area contributed by atoms with Gasteiger partial charge in [0.05, 0.1) is 6.04 Å². The lowest BCUT2D eigenvalue weighted by Gasteiger charge is -2.40. The van der Waals surface area contributed by atoms with Crippen molar-refractivity contribution >= 4 is 17.7 Å². The number of aryl methyl sites for hydroxylation is 3. The van der Waals surface area contributed by atoms with Crippen LogP contribution in [-0.4, -0.2) is 60.5 Å². The molecule has 0 aliphatic carbocycles. The average Bonchev–Trinajstić information content (AvgIpc) is 2.73. The molecule has 1 fully saturated rings. The third-order valence-corrected chi connectivity index (χ3v) is 6.23. The van der Waals surface area contributed by atoms with E-state index in [0.29, 0.717) is 5.02 Å². The number of piperazine rings is 1. The van der Waals surface area contributed by atoms with Gasteiger partial charge >= 0.3 is 18.4 Å². The fourth-order valence-corrected chi connectivity index (χ4v) is 4.52. The van der Waals surface area contributed by atoms with Crippen LogP contribution in [-0.2, 0) is 4.74 Å². The second kappa shape index (κ2) is 10.3. The molecule has 2 aromatic carbocycles. The van der Waals surface area contributed by atoms with Crippen LogP contribution in [0.1, 0.15) is 33.9 Å². The van der Waals surface area contributed by atoms with Crippen LogP contribution in [0.2, 0.25) is 5.02 Å². The third-order valence-electron chi connectivity index (χ3n) is 6.00. The molecule has 0 radical (unpaired) electrons. The average molecular weight is 523 g/mol. The van der Waals surface area contributed by atoms with Crippen LogP contribution in [0, 0.1) is 20.8 Å². The number of hydrogen-bond donors (Lipinski definition) is 0. The Morgan fingerprint density at radius 1 is 0.857 bits per heavy atom. The first-order valence-electron chi connectivity index (χ1n) is 10.8. The van der Waals surface area contributed by atoms with Crippen molar-refractivity contribution in [2.24, 2.45) is 0 Å². The van der Waals surface area contributed by atoms with Gasteiger partial charge in [0.15, 0.2) is 0 Å². The smallest absolute Gasteiger partial charge is 0.426 e. The molecule has 4 nitrogen and oxygen atoms in total. The van der Waals surface area contributed by atoms with E-state index in [2.05, 4.69) is 4.74 Å². The molecule has 11 heteroatoms. The Balaban J connectivity index is 1.82. The Morgan fingerprint density at radius 3 is 1.86 bits per heavy atom. The molecule has 1 amide bonds. The highest BCUT2D eigenvalue weighted by atomic mass is 35.5. The van der Waals surface area contributed by atoms with Gasteiger partial charge in [-0.2, -0.15) is 26.3 Å². The van der Waals surface area contributed by atoms with Crippen LogP contribution in [0.3, 0.4) is 0 Å². The molecule has 192 valence electrons. The normalized spacial score (nSPS) is 16.5. The van der Waals surface area contributed by atoms with E-state index in [1.165, 1.54) is 0 Å². The molecule has 1 unspecified atom stereocenters. The van der Waals surface area contributed by atoms with Crippen molar-refractivity contribution in [1.29, 1.82) is 0 Å². The zero-order chi connectivity index (χ0) is 26.1. The fourth-order valence-electron chi connectivity index (χ4n) is 4.30. The number of alkyl halides is 6. The minimum Gasteiger partial charge on any atom is -0.426 e. The first kappa shape index (κ1) is 27.1. The highest BCUT2D eigenvalue weighted by molar-refractivity contribution is 6.30. The van der Waals surface area contributed by atoms with Crippen LogP contribution in [0.4, 0.5) is 31.1 Å². The lowest BCUT2D eigenvalue weighted by Crippen LogP contribution is -2.53. The topological polar surface area (TPSA) is 32.8 Å². The van der Waals surface area contributed by atoms with Gasteiger partial charge in [-0.05, 0) is 55.2 Å². The lowest BCUT2D eigenvalue weighted by atomic mass is 9.89. The van der Waals surface area contributed by atoms with Gasteiger partial charge in [0.25, 0.3) is 6.10 Å². The molecule has 35 heavy (non-hydrogen) atoms. The number of amides is 1. The predicted octanol–water partition coefficient (Wildman–Crippen LogP) is 6.60. The van der Waals surface area contributed by atoms with E-state index in [4.69, 9.17) is 11.6 Å². The summed E-state index contributed by atoms with van der Waals surface area (Å²) in [6, 6.07) is 11.3. The summed E-state index contributed by atoms with van der Waals surface area (Å²) in [4.78, 5) is 15.1. The maximum atomic E-state index is 12.8. The van der Waals surface area contributed by atoms with Gasteiger partial charge in [-0.1, -0.05) is 41.4 Å². The quantitative estimate of drug-likeness (QED) is 0.424. The van der Waals surface area contributed by atoms with Crippen LogP contribution >= 0.6 is 11.6 Å². The van der Waals surface area contributed by atoms with Crippen LogP contribution < -0.4 is 0 Å². The Labute approximate surface area is 204 Å². The van der Waals surface area contributed by atoms with E-state index in [-0.39, 0.29) is 32.2 Å². The third kappa shape index (κ3) is 6.41. The van der Waals surface area contributed by atoms with Gasteiger partial charge in [0.1, 0.15) is 0 Å². The molecule has 1 atom stereocenters. The van der Waals surface area contributed by atoms with Crippen molar-refractivity contribution < 1.29 is 35.9 Å². The maximum absolute atomic E-state index is 12.8. The van der Waals surface area contributed by atoms with Crippen LogP contribution in [0.15, 0.2) is 36.4 Å². The second-order valence-corrected chi connectivity index (χ2v) is 9.07. The minimum atomic E-state index is -5.75. The van der Waals surface area contributed by atoms with Gasteiger partial charge in [0, 0.05) is 31.2 Å². The van der Waals surface area contributed by atoms with Crippen LogP contribution in [0.5, 0.6) is 0 Å². The molecule has 0 spiro atoms. The molecule has 0 aromatic heterocycles. The zero-order valence-corrected chi connectivity index (χ0v) is 20.1. The van der Waals surface area contributed by atoms with Crippen LogP contribution in [0.25, 0.3) is 0 Å². The molecule has 3 rings (SSSR count). The molecule has 2 aromatic rings. The van der Waals surface area contributed by atoms with Gasteiger partial charge < -0.3 is 9.64 Å². The molecule has 0 saturated carbocycles. The number of rotatable bonds is 4. The summed E-state index contributed by atoms with van der Waals surface area (Å²) in [5.74, 6) is 0. The summed E-state index contributed by atoms with van der Waals surface area (Å²) < 4.78 is 80.6. The Morgan fingerprint density at radius 2 is 1.37 bits per heavy atom. The van der Waals surface area contributed by atoms with Gasteiger partial charge in [-0.25, -0.2) is 4.79 Å². The largest absolute Gasteiger partial charge is 0.434 e. The maximum Gasteiger partial charge on any atom is 0.434 e. The predicted molar refractivity (Wildman–Crippen MR) is 119 cm³/mol. The first-order chi connectivity index (χ1) is 16.2. The van der Waals surface area contributed by atoms with Crippen molar-refractivity contribution in [3.05, 3.63) is 69.2 Å². The van der Waals surface area contributed by atoms with E-state index >= 15 is 0 Å². The number of halogens is 7. The van der Waals surface area contributed by atoms with E-state index in [9.17, 15) is 31.1 Å². The molecule has 1 aliphatic rings. The SMILES string of the molecule is Cc1ccc(C(c2ccc(Cl)cc2C)N2CCN(C(=O)OC(C(F)(F)F)C(F)(F)F)CC2)c(C)c1. The number of nitrogens with zero attached hydrogens (tertiary/aromatic N) is 2. The number of carbonyl (C=O) groups is 1. The van der Waals surface area contributed by atoms with Gasteiger partial charge in [-0.15, -0.1) is 0 Å². The zero-order valence-electron chi connectivity index (χ0n) is 19.3. The molecule has 1 saturated heterocycles. The molecular weight excluding hydrogens is 498 g/mol. The lowest BCUT2D eigenvalue weighted by molar-refractivity contribution is -0.308. The summed E-state index contributed by atoms with van der Waals surface area (Å²) in [5, 5.41) is 0.571. The summed E-state index contributed by atoms with van der Waals surface area (Å²) in [6.07, 6.45) is -17.3. The first-order valence-corrected chi connectivity index (χ1v) is 11.2.